The topological polar surface area (TPSA) is 17.8 Å². The second-order valence-corrected chi connectivity index (χ2v) is 7.05. The molecule has 0 unspecified atom stereocenters. The molecule has 2 heterocycles. The average Bonchev–Trinajstić information content (AvgIpc) is 3.06. The van der Waals surface area contributed by atoms with E-state index in [1.54, 1.807) is 0 Å². The Kier molecular flexibility index (Phi) is 5.29. The summed E-state index contributed by atoms with van der Waals surface area (Å²) in [4.78, 5) is 4.82. The van der Waals surface area contributed by atoms with Crippen LogP contribution in [-0.2, 0) is 13.0 Å². The SMILES string of the molecule is CC(C)c1ccc(-c2ccc(-c3cn4c(n3)CCCC4)cc2)cc1.Cl. The van der Waals surface area contributed by atoms with Gasteiger partial charge in [0.2, 0.25) is 0 Å². The molecule has 1 aromatic heterocycles. The van der Waals surface area contributed by atoms with Gasteiger partial charge in [-0.05, 0) is 35.4 Å². The van der Waals surface area contributed by atoms with Crippen LogP contribution in [0.4, 0.5) is 0 Å². The monoisotopic (exact) mass is 352 g/mol. The first-order valence-electron chi connectivity index (χ1n) is 8.97. The maximum atomic E-state index is 4.82. The first kappa shape index (κ1) is 17.8. The van der Waals surface area contributed by atoms with Crippen molar-refractivity contribution in [2.75, 3.05) is 0 Å². The van der Waals surface area contributed by atoms with Crippen LogP contribution in [0.3, 0.4) is 0 Å². The van der Waals surface area contributed by atoms with Crippen molar-refractivity contribution in [2.45, 2.75) is 45.6 Å². The van der Waals surface area contributed by atoms with Crippen molar-refractivity contribution >= 4 is 12.4 Å². The van der Waals surface area contributed by atoms with Crippen LogP contribution in [0.15, 0.2) is 54.7 Å². The normalized spacial score (nSPS) is 13.4. The van der Waals surface area contributed by atoms with Gasteiger partial charge in [-0.3, -0.25) is 0 Å². The highest BCUT2D eigenvalue weighted by Crippen LogP contribution is 2.27. The Balaban J connectivity index is 0.00000182. The van der Waals surface area contributed by atoms with Crippen molar-refractivity contribution < 1.29 is 0 Å². The molecule has 0 saturated carbocycles. The molecule has 130 valence electrons. The summed E-state index contributed by atoms with van der Waals surface area (Å²) >= 11 is 0. The lowest BCUT2D eigenvalue weighted by Gasteiger charge is -2.11. The number of rotatable bonds is 3. The molecule has 2 nitrogen and oxygen atoms in total. The van der Waals surface area contributed by atoms with Gasteiger partial charge < -0.3 is 4.57 Å². The smallest absolute Gasteiger partial charge is 0.109 e. The highest BCUT2D eigenvalue weighted by molar-refractivity contribution is 5.85. The van der Waals surface area contributed by atoms with Gasteiger partial charge in [0, 0.05) is 24.7 Å². The molecule has 1 aliphatic rings. The van der Waals surface area contributed by atoms with Crippen LogP contribution in [0.25, 0.3) is 22.4 Å². The molecule has 0 bridgehead atoms. The van der Waals surface area contributed by atoms with Crippen LogP contribution in [0.5, 0.6) is 0 Å². The summed E-state index contributed by atoms with van der Waals surface area (Å²) in [6.07, 6.45) is 5.86. The maximum Gasteiger partial charge on any atom is 0.109 e. The van der Waals surface area contributed by atoms with Crippen LogP contribution in [0.1, 0.15) is 44.0 Å². The van der Waals surface area contributed by atoms with Gasteiger partial charge in [0.25, 0.3) is 0 Å². The molecule has 0 amide bonds. The Labute approximate surface area is 156 Å². The van der Waals surface area contributed by atoms with Gasteiger partial charge in [-0.2, -0.15) is 0 Å². The number of halogens is 1. The highest BCUT2D eigenvalue weighted by Gasteiger charge is 2.13. The van der Waals surface area contributed by atoms with Crippen molar-refractivity contribution in [1.82, 2.24) is 9.55 Å². The molecule has 1 aliphatic heterocycles. The molecule has 0 atom stereocenters. The number of aromatic nitrogens is 2. The van der Waals surface area contributed by atoms with Crippen LogP contribution >= 0.6 is 12.4 Å². The summed E-state index contributed by atoms with van der Waals surface area (Å²) in [7, 11) is 0. The third kappa shape index (κ3) is 3.64. The fourth-order valence-electron chi connectivity index (χ4n) is 3.45. The number of imidazole rings is 1. The van der Waals surface area contributed by atoms with Crippen LogP contribution < -0.4 is 0 Å². The average molecular weight is 353 g/mol. The van der Waals surface area contributed by atoms with E-state index in [4.69, 9.17) is 4.98 Å². The summed E-state index contributed by atoms with van der Waals surface area (Å²) in [6, 6.07) is 17.7. The van der Waals surface area contributed by atoms with E-state index in [0.29, 0.717) is 5.92 Å². The lowest BCUT2D eigenvalue weighted by Crippen LogP contribution is -2.08. The van der Waals surface area contributed by atoms with E-state index in [0.717, 1.165) is 18.7 Å². The number of hydrogen-bond donors (Lipinski definition) is 0. The molecule has 0 spiro atoms. The molecule has 0 radical (unpaired) electrons. The van der Waals surface area contributed by atoms with Gasteiger partial charge in [0.15, 0.2) is 0 Å². The van der Waals surface area contributed by atoms with Crippen molar-refractivity contribution in [1.29, 1.82) is 0 Å². The predicted octanol–water partition coefficient (Wildman–Crippen LogP) is 6.10. The number of benzene rings is 2. The molecule has 0 aliphatic carbocycles. The lowest BCUT2D eigenvalue weighted by atomic mass is 9.98. The summed E-state index contributed by atoms with van der Waals surface area (Å²) < 4.78 is 2.32. The number of nitrogens with zero attached hydrogens (tertiary/aromatic N) is 2. The van der Waals surface area contributed by atoms with E-state index < -0.39 is 0 Å². The fourth-order valence-corrected chi connectivity index (χ4v) is 3.45. The third-order valence-electron chi connectivity index (χ3n) is 5.00. The Hall–Kier alpha value is -2.06. The predicted molar refractivity (Wildman–Crippen MR) is 107 cm³/mol. The van der Waals surface area contributed by atoms with Crippen LogP contribution in [0, 0.1) is 0 Å². The first-order valence-corrected chi connectivity index (χ1v) is 8.97. The summed E-state index contributed by atoms with van der Waals surface area (Å²) in [5, 5.41) is 0. The van der Waals surface area contributed by atoms with Gasteiger partial charge in [0.05, 0.1) is 5.69 Å². The zero-order valence-electron chi connectivity index (χ0n) is 14.9. The Morgan fingerprint density at radius 2 is 1.44 bits per heavy atom. The molecule has 3 aromatic rings. The third-order valence-corrected chi connectivity index (χ3v) is 5.00. The van der Waals surface area contributed by atoms with E-state index in [2.05, 4.69) is 73.1 Å². The molecule has 4 rings (SSSR count). The molecule has 0 fully saturated rings. The summed E-state index contributed by atoms with van der Waals surface area (Å²) in [5.74, 6) is 1.82. The summed E-state index contributed by atoms with van der Waals surface area (Å²) in [6.45, 7) is 5.57. The van der Waals surface area contributed by atoms with E-state index in [9.17, 15) is 0 Å². The molecule has 3 heteroatoms. The second kappa shape index (κ2) is 7.45. The van der Waals surface area contributed by atoms with E-state index in [-0.39, 0.29) is 12.4 Å². The zero-order valence-corrected chi connectivity index (χ0v) is 15.7. The summed E-state index contributed by atoms with van der Waals surface area (Å²) in [5.41, 5.74) is 6.24. The van der Waals surface area contributed by atoms with Gasteiger partial charge in [-0.15, -0.1) is 12.4 Å². The van der Waals surface area contributed by atoms with Gasteiger partial charge in [-0.1, -0.05) is 62.4 Å². The quantitative estimate of drug-likeness (QED) is 0.557. The minimum atomic E-state index is 0. The standard InChI is InChI=1S/C22H24N2.ClH/c1-16(2)17-6-8-18(9-7-17)19-10-12-20(13-11-19)21-15-24-14-4-3-5-22(24)23-21;/h6-13,15-16H,3-5,14H2,1-2H3;1H. The van der Waals surface area contributed by atoms with Crippen molar-refractivity contribution in [3.8, 4) is 22.4 Å². The van der Waals surface area contributed by atoms with Crippen LogP contribution in [0.2, 0.25) is 0 Å². The van der Waals surface area contributed by atoms with Crippen molar-refractivity contribution in [2.24, 2.45) is 0 Å². The molecule has 0 N–H and O–H groups in total. The van der Waals surface area contributed by atoms with Gasteiger partial charge >= 0.3 is 0 Å². The number of hydrogen-bond acceptors (Lipinski definition) is 1. The van der Waals surface area contributed by atoms with Crippen LogP contribution in [-0.4, -0.2) is 9.55 Å². The largest absolute Gasteiger partial charge is 0.334 e. The van der Waals surface area contributed by atoms with E-state index in [1.165, 1.54) is 40.9 Å². The molecular weight excluding hydrogens is 328 g/mol. The first-order chi connectivity index (χ1) is 11.7. The van der Waals surface area contributed by atoms with Crippen molar-refractivity contribution in [3.63, 3.8) is 0 Å². The highest BCUT2D eigenvalue weighted by atomic mass is 35.5. The maximum absolute atomic E-state index is 4.82. The van der Waals surface area contributed by atoms with E-state index >= 15 is 0 Å². The van der Waals surface area contributed by atoms with Crippen molar-refractivity contribution in [3.05, 3.63) is 66.1 Å². The number of fused-ring (bicyclic) bond motifs is 1. The number of aryl methyl sites for hydroxylation is 2. The lowest BCUT2D eigenvalue weighted by molar-refractivity contribution is 0.522. The fraction of sp³-hybridized carbons (Fsp3) is 0.318. The second-order valence-electron chi connectivity index (χ2n) is 7.05. The zero-order chi connectivity index (χ0) is 16.5. The Bertz CT molecular complexity index is 806. The Morgan fingerprint density at radius 3 is 2.04 bits per heavy atom. The molecule has 0 saturated heterocycles. The minimum absolute atomic E-state index is 0. The van der Waals surface area contributed by atoms with Gasteiger partial charge in [0.1, 0.15) is 5.82 Å². The van der Waals surface area contributed by atoms with E-state index in [1.807, 2.05) is 0 Å². The molecule has 2 aromatic carbocycles. The molecule has 25 heavy (non-hydrogen) atoms. The minimum Gasteiger partial charge on any atom is -0.334 e. The van der Waals surface area contributed by atoms with Gasteiger partial charge in [-0.25, -0.2) is 4.98 Å². The Morgan fingerprint density at radius 1 is 0.840 bits per heavy atom. The molecular formula is C22H25ClN2.